The summed E-state index contributed by atoms with van der Waals surface area (Å²) in [5.41, 5.74) is 2.52. The summed E-state index contributed by atoms with van der Waals surface area (Å²) in [6, 6.07) is 13.4. The van der Waals surface area contributed by atoms with Crippen LogP contribution in [0.5, 0.6) is 0 Å². The summed E-state index contributed by atoms with van der Waals surface area (Å²) in [6.45, 7) is 3.48. The molecule has 1 fully saturated rings. The van der Waals surface area contributed by atoms with E-state index in [1.165, 1.54) is 24.3 Å². The highest BCUT2D eigenvalue weighted by molar-refractivity contribution is 7.13. The van der Waals surface area contributed by atoms with Crippen molar-refractivity contribution < 1.29 is 9.72 Å². The molecule has 0 radical (unpaired) electrons. The van der Waals surface area contributed by atoms with Crippen LogP contribution in [0.3, 0.4) is 0 Å². The Kier molecular flexibility index (Phi) is 6.08. The summed E-state index contributed by atoms with van der Waals surface area (Å²) in [5.74, 6) is -0.0942. The lowest BCUT2D eigenvalue weighted by Gasteiger charge is -2.34. The first-order valence-electron chi connectivity index (χ1n) is 9.46. The number of hydrogen-bond acceptors (Lipinski definition) is 6. The predicted octanol–water partition coefficient (Wildman–Crippen LogP) is 4.33. The standard InChI is InChI=1S/C21H19ClN4O3S/c22-17-5-1-15(2-6-17)20-23-18(14-30-20)13-24-9-11-25(12-10-24)21(27)16-3-7-19(8-4-16)26(28)29/h1-8,14H,9-13H2. The molecule has 0 atom stereocenters. The molecule has 0 bridgehead atoms. The Morgan fingerprint density at radius 2 is 1.73 bits per heavy atom. The predicted molar refractivity (Wildman–Crippen MR) is 117 cm³/mol. The Morgan fingerprint density at radius 3 is 2.37 bits per heavy atom. The van der Waals surface area contributed by atoms with Crippen molar-refractivity contribution in [3.63, 3.8) is 0 Å². The van der Waals surface area contributed by atoms with Gasteiger partial charge in [-0.25, -0.2) is 4.98 Å². The number of nitro benzene ring substituents is 1. The summed E-state index contributed by atoms with van der Waals surface area (Å²) >= 11 is 7.56. The van der Waals surface area contributed by atoms with Gasteiger partial charge in [-0.3, -0.25) is 19.8 Å². The normalized spacial score (nSPS) is 14.6. The molecule has 9 heteroatoms. The molecule has 1 aromatic heterocycles. The zero-order valence-corrected chi connectivity index (χ0v) is 17.6. The second-order valence-electron chi connectivity index (χ2n) is 7.02. The number of hydrogen-bond donors (Lipinski definition) is 0. The summed E-state index contributed by atoms with van der Waals surface area (Å²) in [5, 5.41) is 14.5. The molecule has 0 unspecified atom stereocenters. The minimum Gasteiger partial charge on any atom is -0.336 e. The minimum absolute atomic E-state index is 0.0161. The molecule has 0 spiro atoms. The van der Waals surface area contributed by atoms with Gasteiger partial charge in [0.15, 0.2) is 0 Å². The van der Waals surface area contributed by atoms with Gasteiger partial charge in [-0.1, -0.05) is 23.7 Å². The third kappa shape index (κ3) is 4.67. The van der Waals surface area contributed by atoms with Gasteiger partial charge in [0, 0.05) is 66.4 Å². The Balaban J connectivity index is 1.32. The van der Waals surface area contributed by atoms with Crippen molar-refractivity contribution in [3.8, 4) is 10.6 Å². The van der Waals surface area contributed by atoms with Crippen molar-refractivity contribution in [1.29, 1.82) is 0 Å². The van der Waals surface area contributed by atoms with E-state index in [1.807, 2.05) is 24.3 Å². The minimum atomic E-state index is -0.468. The van der Waals surface area contributed by atoms with Crippen molar-refractivity contribution in [2.75, 3.05) is 26.2 Å². The van der Waals surface area contributed by atoms with E-state index in [9.17, 15) is 14.9 Å². The number of nitro groups is 1. The molecule has 0 saturated carbocycles. The van der Waals surface area contributed by atoms with Crippen LogP contribution in [0.4, 0.5) is 5.69 Å². The Hall–Kier alpha value is -2.81. The maximum atomic E-state index is 12.6. The molecule has 4 rings (SSSR count). The van der Waals surface area contributed by atoms with E-state index in [4.69, 9.17) is 16.6 Å². The van der Waals surface area contributed by atoms with E-state index in [0.717, 1.165) is 35.9 Å². The van der Waals surface area contributed by atoms with E-state index in [-0.39, 0.29) is 11.6 Å². The molecular weight excluding hydrogens is 424 g/mol. The maximum Gasteiger partial charge on any atom is 0.269 e. The lowest BCUT2D eigenvalue weighted by Crippen LogP contribution is -2.48. The molecular formula is C21H19ClN4O3S. The number of benzene rings is 2. The van der Waals surface area contributed by atoms with Crippen LogP contribution in [0.2, 0.25) is 5.02 Å². The molecule has 154 valence electrons. The van der Waals surface area contributed by atoms with Crippen LogP contribution in [-0.4, -0.2) is 51.8 Å². The van der Waals surface area contributed by atoms with E-state index >= 15 is 0 Å². The van der Waals surface area contributed by atoms with Crippen LogP contribution < -0.4 is 0 Å². The summed E-state index contributed by atoms with van der Waals surface area (Å²) < 4.78 is 0. The molecule has 3 aromatic rings. The van der Waals surface area contributed by atoms with Gasteiger partial charge in [0.2, 0.25) is 0 Å². The SMILES string of the molecule is O=C(c1ccc([N+](=O)[O-])cc1)N1CCN(Cc2csc(-c3ccc(Cl)cc3)n2)CC1. The van der Waals surface area contributed by atoms with E-state index < -0.39 is 4.92 Å². The molecule has 0 aliphatic carbocycles. The highest BCUT2D eigenvalue weighted by Crippen LogP contribution is 2.26. The third-order valence-corrected chi connectivity index (χ3v) is 6.21. The number of piperazine rings is 1. The lowest BCUT2D eigenvalue weighted by atomic mass is 10.1. The number of non-ortho nitro benzene ring substituents is 1. The van der Waals surface area contributed by atoms with Gasteiger partial charge < -0.3 is 4.90 Å². The molecule has 7 nitrogen and oxygen atoms in total. The number of amides is 1. The quantitative estimate of drug-likeness (QED) is 0.434. The van der Waals surface area contributed by atoms with Crippen molar-refractivity contribution in [2.24, 2.45) is 0 Å². The van der Waals surface area contributed by atoms with Gasteiger partial charge in [0.25, 0.3) is 11.6 Å². The number of thiazole rings is 1. The lowest BCUT2D eigenvalue weighted by molar-refractivity contribution is -0.384. The summed E-state index contributed by atoms with van der Waals surface area (Å²) in [4.78, 5) is 31.7. The van der Waals surface area contributed by atoms with Gasteiger partial charge in [-0.15, -0.1) is 11.3 Å². The number of halogens is 1. The van der Waals surface area contributed by atoms with Crippen LogP contribution in [0, 0.1) is 10.1 Å². The van der Waals surface area contributed by atoms with Crippen molar-refractivity contribution in [3.05, 3.63) is 80.3 Å². The molecule has 1 aliphatic rings. The monoisotopic (exact) mass is 442 g/mol. The average Bonchev–Trinajstić information content (AvgIpc) is 3.23. The second-order valence-corrected chi connectivity index (χ2v) is 8.32. The maximum absolute atomic E-state index is 12.6. The summed E-state index contributed by atoms with van der Waals surface area (Å²) in [7, 11) is 0. The van der Waals surface area contributed by atoms with Gasteiger partial charge in [-0.05, 0) is 24.3 Å². The molecule has 2 aromatic carbocycles. The molecule has 2 heterocycles. The van der Waals surface area contributed by atoms with E-state index in [1.54, 1.807) is 16.2 Å². The highest BCUT2D eigenvalue weighted by atomic mass is 35.5. The first-order chi connectivity index (χ1) is 14.5. The van der Waals surface area contributed by atoms with Crippen molar-refractivity contribution in [2.45, 2.75) is 6.54 Å². The number of carbonyl (C=O) groups excluding carboxylic acids is 1. The highest BCUT2D eigenvalue weighted by Gasteiger charge is 2.23. The van der Waals surface area contributed by atoms with Gasteiger partial charge in [0.1, 0.15) is 5.01 Å². The summed E-state index contributed by atoms with van der Waals surface area (Å²) in [6.07, 6.45) is 0. The number of rotatable bonds is 5. The van der Waals surface area contributed by atoms with Crippen LogP contribution in [-0.2, 0) is 6.54 Å². The van der Waals surface area contributed by atoms with E-state index in [0.29, 0.717) is 23.7 Å². The molecule has 1 saturated heterocycles. The first kappa shape index (κ1) is 20.5. The second kappa shape index (κ2) is 8.91. The fourth-order valence-electron chi connectivity index (χ4n) is 3.35. The molecule has 1 aliphatic heterocycles. The van der Waals surface area contributed by atoms with Crippen molar-refractivity contribution >= 4 is 34.5 Å². The average molecular weight is 443 g/mol. The zero-order chi connectivity index (χ0) is 21.1. The molecule has 30 heavy (non-hydrogen) atoms. The number of nitrogens with zero attached hydrogens (tertiary/aromatic N) is 4. The van der Waals surface area contributed by atoms with Crippen LogP contribution in [0.15, 0.2) is 53.9 Å². The van der Waals surface area contributed by atoms with Crippen LogP contribution in [0.1, 0.15) is 16.1 Å². The number of aromatic nitrogens is 1. The van der Waals surface area contributed by atoms with Gasteiger partial charge in [-0.2, -0.15) is 0 Å². The smallest absolute Gasteiger partial charge is 0.269 e. The molecule has 1 amide bonds. The topological polar surface area (TPSA) is 79.6 Å². The number of carbonyl (C=O) groups is 1. The Morgan fingerprint density at radius 1 is 1.07 bits per heavy atom. The fourth-order valence-corrected chi connectivity index (χ4v) is 4.29. The fraction of sp³-hybridized carbons (Fsp3) is 0.238. The Bertz CT molecular complexity index is 1040. The third-order valence-electron chi connectivity index (χ3n) is 5.01. The zero-order valence-electron chi connectivity index (χ0n) is 16.0. The Labute approximate surface area is 182 Å². The van der Waals surface area contributed by atoms with E-state index in [2.05, 4.69) is 10.3 Å². The van der Waals surface area contributed by atoms with Gasteiger partial charge in [0.05, 0.1) is 10.6 Å². The first-order valence-corrected chi connectivity index (χ1v) is 10.7. The largest absolute Gasteiger partial charge is 0.336 e. The van der Waals surface area contributed by atoms with Crippen molar-refractivity contribution in [1.82, 2.24) is 14.8 Å². The van der Waals surface area contributed by atoms with Crippen LogP contribution in [0.25, 0.3) is 10.6 Å². The molecule has 0 N–H and O–H groups in total. The van der Waals surface area contributed by atoms with Crippen LogP contribution >= 0.6 is 22.9 Å². The van der Waals surface area contributed by atoms with Gasteiger partial charge >= 0.3 is 0 Å².